The van der Waals surface area contributed by atoms with E-state index in [-0.39, 0.29) is 6.61 Å². The monoisotopic (exact) mass is 298 g/mol. The highest BCUT2D eigenvalue weighted by Crippen LogP contribution is 2.22. The van der Waals surface area contributed by atoms with Gasteiger partial charge in [-0.15, -0.1) is 0 Å². The van der Waals surface area contributed by atoms with E-state index >= 15 is 0 Å². The molecule has 1 aromatic carbocycles. The first-order valence-corrected chi connectivity index (χ1v) is 8.55. The number of piperidine rings is 1. The fourth-order valence-electron chi connectivity index (χ4n) is 2.26. The minimum Gasteiger partial charge on any atom is -0.395 e. The molecule has 1 aromatic rings. The van der Waals surface area contributed by atoms with Crippen molar-refractivity contribution >= 4 is 21.4 Å². The zero-order chi connectivity index (χ0) is 14.6. The van der Waals surface area contributed by atoms with Crippen LogP contribution in [0.2, 0.25) is 0 Å². The van der Waals surface area contributed by atoms with Crippen molar-refractivity contribution in [2.75, 3.05) is 29.3 Å². The van der Waals surface area contributed by atoms with Crippen molar-refractivity contribution in [3.05, 3.63) is 24.3 Å². The van der Waals surface area contributed by atoms with Crippen molar-refractivity contribution in [3.63, 3.8) is 0 Å². The molecular weight excluding hydrogens is 276 g/mol. The maximum absolute atomic E-state index is 11.8. The lowest BCUT2D eigenvalue weighted by atomic mass is 10.1. The summed E-state index contributed by atoms with van der Waals surface area (Å²) in [7, 11) is -3.51. The molecular formula is C14H22N2O3S. The Morgan fingerprint density at radius 1 is 1.20 bits per heavy atom. The Hall–Kier alpha value is -1.27. The Morgan fingerprint density at radius 2 is 1.80 bits per heavy atom. The van der Waals surface area contributed by atoms with Crippen molar-refractivity contribution in [1.29, 1.82) is 0 Å². The summed E-state index contributed by atoms with van der Waals surface area (Å²) in [6.07, 6.45) is 3.71. The molecule has 1 aliphatic rings. The predicted molar refractivity (Wildman–Crippen MR) is 81.6 cm³/mol. The molecule has 0 aromatic heterocycles. The van der Waals surface area contributed by atoms with Crippen LogP contribution in [0.5, 0.6) is 0 Å². The molecule has 1 saturated heterocycles. The molecule has 5 nitrogen and oxygen atoms in total. The normalized spacial score (nSPS) is 17.8. The molecule has 1 atom stereocenters. The maximum atomic E-state index is 11.8. The number of nitrogens with one attached hydrogen (secondary N) is 1. The van der Waals surface area contributed by atoms with Crippen LogP contribution in [-0.4, -0.2) is 38.5 Å². The average molecular weight is 298 g/mol. The lowest BCUT2D eigenvalue weighted by molar-refractivity contribution is 0.296. The molecule has 6 heteroatoms. The minimum atomic E-state index is -3.51. The van der Waals surface area contributed by atoms with E-state index in [9.17, 15) is 8.42 Å². The molecule has 2 rings (SSSR count). The Kier molecular flexibility index (Phi) is 4.88. The summed E-state index contributed by atoms with van der Waals surface area (Å²) in [5.41, 5.74) is 1.66. The van der Waals surface area contributed by atoms with Crippen molar-refractivity contribution in [2.24, 2.45) is 0 Å². The molecule has 0 aliphatic carbocycles. The summed E-state index contributed by atoms with van der Waals surface area (Å²) in [4.78, 5) is 2.32. The number of benzene rings is 1. The smallest absolute Gasteiger partial charge is 0.237 e. The number of anilines is 2. The second kappa shape index (κ2) is 6.45. The maximum Gasteiger partial charge on any atom is 0.237 e. The molecule has 1 unspecified atom stereocenters. The molecule has 2 N–H and O–H groups in total. The number of hydrogen-bond acceptors (Lipinski definition) is 4. The van der Waals surface area contributed by atoms with Crippen LogP contribution in [0.15, 0.2) is 24.3 Å². The van der Waals surface area contributed by atoms with E-state index in [4.69, 9.17) is 5.11 Å². The third-order valence-corrected chi connectivity index (χ3v) is 5.36. The van der Waals surface area contributed by atoms with E-state index in [0.717, 1.165) is 18.8 Å². The predicted octanol–water partition coefficient (Wildman–Crippen LogP) is 1.80. The topological polar surface area (TPSA) is 69.6 Å². The Labute approximate surface area is 120 Å². The Balaban J connectivity index is 2.04. The summed E-state index contributed by atoms with van der Waals surface area (Å²) in [5, 5.41) is 8.12. The Bertz CT molecular complexity index is 522. The number of rotatable bonds is 5. The fourth-order valence-corrected chi connectivity index (χ4v) is 3.12. The quantitative estimate of drug-likeness (QED) is 0.869. The van der Waals surface area contributed by atoms with Gasteiger partial charge in [-0.05, 0) is 50.5 Å². The molecule has 1 aliphatic heterocycles. The van der Waals surface area contributed by atoms with Gasteiger partial charge < -0.3 is 10.0 Å². The lowest BCUT2D eigenvalue weighted by Crippen LogP contribution is -2.29. The second-order valence-electron chi connectivity index (χ2n) is 5.23. The van der Waals surface area contributed by atoms with Crippen LogP contribution in [0.3, 0.4) is 0 Å². The molecule has 112 valence electrons. The molecule has 0 radical (unpaired) electrons. The van der Waals surface area contributed by atoms with Crippen LogP contribution in [0.1, 0.15) is 26.2 Å². The first-order valence-electron chi connectivity index (χ1n) is 7.00. The summed E-state index contributed by atoms with van der Waals surface area (Å²) >= 11 is 0. The van der Waals surface area contributed by atoms with E-state index < -0.39 is 15.3 Å². The highest BCUT2D eigenvalue weighted by atomic mass is 32.2. The van der Waals surface area contributed by atoms with E-state index in [1.807, 2.05) is 12.1 Å². The van der Waals surface area contributed by atoms with Crippen LogP contribution >= 0.6 is 0 Å². The third kappa shape index (κ3) is 3.64. The summed E-state index contributed by atoms with van der Waals surface area (Å²) < 4.78 is 26.2. The van der Waals surface area contributed by atoms with Gasteiger partial charge in [0.05, 0.1) is 6.61 Å². The number of sulfonamides is 1. The van der Waals surface area contributed by atoms with Crippen LogP contribution in [0, 0.1) is 0 Å². The SMILES string of the molecule is CC(CO)S(=O)(=O)Nc1ccc(N2CCCCC2)cc1. The standard InChI is InChI=1S/C14H22N2O3S/c1-12(11-17)20(18,19)15-13-5-7-14(8-6-13)16-9-3-2-4-10-16/h5-8,12,15,17H,2-4,9-11H2,1H3. The van der Waals surface area contributed by atoms with Gasteiger partial charge in [0.2, 0.25) is 10.0 Å². The molecule has 20 heavy (non-hydrogen) atoms. The van der Waals surface area contributed by atoms with Gasteiger partial charge in [0.25, 0.3) is 0 Å². The highest BCUT2D eigenvalue weighted by molar-refractivity contribution is 7.93. The van der Waals surface area contributed by atoms with Gasteiger partial charge in [-0.2, -0.15) is 0 Å². The van der Waals surface area contributed by atoms with E-state index in [1.54, 1.807) is 12.1 Å². The van der Waals surface area contributed by atoms with Gasteiger partial charge in [0.1, 0.15) is 5.25 Å². The molecule has 1 fully saturated rings. The van der Waals surface area contributed by atoms with Gasteiger partial charge in [-0.25, -0.2) is 8.42 Å². The van der Waals surface area contributed by atoms with Crippen molar-refractivity contribution in [3.8, 4) is 0 Å². The number of nitrogens with zero attached hydrogens (tertiary/aromatic N) is 1. The van der Waals surface area contributed by atoms with Gasteiger partial charge in [-0.1, -0.05) is 0 Å². The van der Waals surface area contributed by atoms with E-state index in [1.165, 1.54) is 26.2 Å². The highest BCUT2D eigenvalue weighted by Gasteiger charge is 2.19. The Morgan fingerprint density at radius 3 is 2.35 bits per heavy atom. The number of aliphatic hydroxyl groups is 1. The third-order valence-electron chi connectivity index (χ3n) is 3.64. The largest absolute Gasteiger partial charge is 0.395 e. The zero-order valence-corrected chi connectivity index (χ0v) is 12.6. The molecule has 0 saturated carbocycles. The summed E-state index contributed by atoms with van der Waals surface area (Å²) in [6, 6.07) is 7.41. The van der Waals surface area contributed by atoms with Gasteiger partial charge >= 0.3 is 0 Å². The second-order valence-corrected chi connectivity index (χ2v) is 7.33. The van der Waals surface area contributed by atoms with Crippen LogP contribution in [0.4, 0.5) is 11.4 Å². The lowest BCUT2D eigenvalue weighted by Gasteiger charge is -2.28. The van der Waals surface area contributed by atoms with Crippen molar-refractivity contribution in [2.45, 2.75) is 31.4 Å². The first kappa shape index (κ1) is 15.1. The van der Waals surface area contributed by atoms with Crippen molar-refractivity contribution < 1.29 is 13.5 Å². The summed E-state index contributed by atoms with van der Waals surface area (Å²) in [5.74, 6) is 0. The fraction of sp³-hybridized carbons (Fsp3) is 0.571. The van der Waals surface area contributed by atoms with Gasteiger partial charge in [0, 0.05) is 24.5 Å². The molecule has 0 amide bonds. The molecule has 1 heterocycles. The van der Waals surface area contributed by atoms with Crippen LogP contribution in [-0.2, 0) is 10.0 Å². The minimum absolute atomic E-state index is 0.388. The van der Waals surface area contributed by atoms with E-state index in [2.05, 4.69) is 9.62 Å². The molecule has 0 bridgehead atoms. The number of hydrogen-bond donors (Lipinski definition) is 2. The van der Waals surface area contributed by atoms with Gasteiger partial charge in [-0.3, -0.25) is 4.72 Å². The number of aliphatic hydroxyl groups excluding tert-OH is 1. The first-order chi connectivity index (χ1) is 9.53. The molecule has 0 spiro atoms. The average Bonchev–Trinajstić information content (AvgIpc) is 2.47. The zero-order valence-electron chi connectivity index (χ0n) is 11.7. The summed E-state index contributed by atoms with van der Waals surface area (Å²) in [6.45, 7) is 3.21. The van der Waals surface area contributed by atoms with Crippen LogP contribution in [0.25, 0.3) is 0 Å². The van der Waals surface area contributed by atoms with Crippen molar-refractivity contribution in [1.82, 2.24) is 0 Å². The van der Waals surface area contributed by atoms with Gasteiger partial charge in [0.15, 0.2) is 0 Å². The van der Waals surface area contributed by atoms with E-state index in [0.29, 0.717) is 5.69 Å². The van der Waals surface area contributed by atoms with Crippen LogP contribution < -0.4 is 9.62 Å².